The van der Waals surface area contributed by atoms with Gasteiger partial charge >= 0.3 is 0 Å². The lowest BCUT2D eigenvalue weighted by Crippen LogP contribution is -2.20. The zero-order valence-corrected chi connectivity index (χ0v) is 10.1. The molecular weight excluding hydrogens is 210 g/mol. The average molecular weight is 228 g/mol. The van der Waals surface area contributed by atoms with Crippen molar-refractivity contribution in [3.63, 3.8) is 0 Å². The maximum absolute atomic E-state index is 5.87. The van der Waals surface area contributed by atoms with Crippen LogP contribution in [0, 0.1) is 0 Å². The second kappa shape index (κ2) is 6.83. The third-order valence-corrected chi connectivity index (χ3v) is 2.18. The third-order valence-electron chi connectivity index (χ3n) is 1.95. The number of hydrogen-bond donors (Lipinski definition) is 1. The van der Waals surface area contributed by atoms with Crippen LogP contribution in [0.2, 0.25) is 5.02 Å². The Labute approximate surface area is 96.6 Å². The van der Waals surface area contributed by atoms with E-state index in [0.717, 1.165) is 24.7 Å². The summed E-state index contributed by atoms with van der Waals surface area (Å²) < 4.78 is 5.41. The summed E-state index contributed by atoms with van der Waals surface area (Å²) in [6.45, 7) is 6.53. The summed E-state index contributed by atoms with van der Waals surface area (Å²) in [5.41, 5.74) is 1.20. The van der Waals surface area contributed by atoms with Gasteiger partial charge in [-0.25, -0.2) is 0 Å². The summed E-state index contributed by atoms with van der Waals surface area (Å²) in [7, 11) is 0. The molecule has 0 aliphatic heterocycles. The first-order chi connectivity index (χ1) is 7.18. The molecule has 0 spiro atoms. The minimum absolute atomic E-state index is 0.304. The van der Waals surface area contributed by atoms with Crippen molar-refractivity contribution in [2.75, 3.05) is 13.2 Å². The first-order valence-electron chi connectivity index (χ1n) is 5.25. The van der Waals surface area contributed by atoms with Crippen LogP contribution in [0.1, 0.15) is 19.4 Å². The van der Waals surface area contributed by atoms with Gasteiger partial charge in [0.1, 0.15) is 0 Å². The van der Waals surface area contributed by atoms with E-state index >= 15 is 0 Å². The van der Waals surface area contributed by atoms with E-state index < -0.39 is 0 Å². The number of nitrogens with one attached hydrogen (secondary N) is 1. The fourth-order valence-corrected chi connectivity index (χ4v) is 1.46. The summed E-state index contributed by atoms with van der Waals surface area (Å²) >= 11 is 5.87. The van der Waals surface area contributed by atoms with Crippen molar-refractivity contribution in [1.29, 1.82) is 0 Å². The molecule has 1 aromatic rings. The minimum Gasteiger partial charge on any atom is -0.377 e. The smallest absolute Gasteiger partial charge is 0.0594 e. The van der Waals surface area contributed by atoms with E-state index in [1.165, 1.54) is 5.56 Å². The van der Waals surface area contributed by atoms with Crippen molar-refractivity contribution < 1.29 is 4.74 Å². The predicted octanol–water partition coefficient (Wildman–Crippen LogP) is 2.85. The Kier molecular flexibility index (Phi) is 5.69. The van der Waals surface area contributed by atoms with Crippen LogP contribution in [0.3, 0.4) is 0 Å². The van der Waals surface area contributed by atoms with Crippen LogP contribution in [-0.4, -0.2) is 19.3 Å². The van der Waals surface area contributed by atoms with E-state index in [2.05, 4.69) is 11.4 Å². The molecule has 0 unspecified atom stereocenters. The molecule has 0 amide bonds. The normalized spacial score (nSPS) is 10.9. The molecule has 0 heterocycles. The topological polar surface area (TPSA) is 21.3 Å². The second-order valence-corrected chi connectivity index (χ2v) is 4.16. The quantitative estimate of drug-likeness (QED) is 0.755. The van der Waals surface area contributed by atoms with Gasteiger partial charge in [0.15, 0.2) is 0 Å². The van der Waals surface area contributed by atoms with Crippen LogP contribution >= 0.6 is 11.6 Å². The first kappa shape index (κ1) is 12.5. The van der Waals surface area contributed by atoms with Gasteiger partial charge in [0.25, 0.3) is 0 Å². The highest BCUT2D eigenvalue weighted by molar-refractivity contribution is 6.30. The molecule has 2 nitrogen and oxygen atoms in total. The van der Waals surface area contributed by atoms with Crippen LogP contribution < -0.4 is 5.32 Å². The molecule has 0 bridgehead atoms. The van der Waals surface area contributed by atoms with E-state index in [9.17, 15) is 0 Å². The van der Waals surface area contributed by atoms with Crippen molar-refractivity contribution >= 4 is 11.6 Å². The van der Waals surface area contributed by atoms with Gasteiger partial charge in [-0.2, -0.15) is 0 Å². The number of halogens is 1. The highest BCUT2D eigenvalue weighted by Gasteiger charge is 1.95. The van der Waals surface area contributed by atoms with Gasteiger partial charge in [0.2, 0.25) is 0 Å². The average Bonchev–Trinajstić information content (AvgIpc) is 2.17. The highest BCUT2D eigenvalue weighted by Crippen LogP contribution is 2.09. The molecule has 0 saturated heterocycles. The Morgan fingerprint density at radius 2 is 2.20 bits per heavy atom. The molecule has 1 N–H and O–H groups in total. The summed E-state index contributed by atoms with van der Waals surface area (Å²) in [6, 6.07) is 7.87. The third kappa shape index (κ3) is 5.78. The Hall–Kier alpha value is -0.570. The van der Waals surface area contributed by atoms with Crippen molar-refractivity contribution in [3.05, 3.63) is 34.9 Å². The predicted molar refractivity (Wildman–Crippen MR) is 64.2 cm³/mol. The van der Waals surface area contributed by atoms with Gasteiger partial charge in [-0.3, -0.25) is 0 Å². The van der Waals surface area contributed by atoms with E-state index in [1.807, 2.05) is 32.0 Å². The lowest BCUT2D eigenvalue weighted by atomic mass is 10.2. The van der Waals surface area contributed by atoms with Crippen LogP contribution in [-0.2, 0) is 11.3 Å². The van der Waals surface area contributed by atoms with Crippen LogP contribution in [0.5, 0.6) is 0 Å². The van der Waals surface area contributed by atoms with Crippen molar-refractivity contribution in [2.24, 2.45) is 0 Å². The molecule has 0 aromatic heterocycles. The second-order valence-electron chi connectivity index (χ2n) is 3.73. The zero-order valence-electron chi connectivity index (χ0n) is 9.29. The van der Waals surface area contributed by atoms with Crippen molar-refractivity contribution in [2.45, 2.75) is 26.5 Å². The Balaban J connectivity index is 2.15. The fraction of sp³-hybridized carbons (Fsp3) is 0.500. The summed E-state index contributed by atoms with van der Waals surface area (Å²) in [5, 5.41) is 4.09. The Morgan fingerprint density at radius 3 is 2.87 bits per heavy atom. The summed E-state index contributed by atoms with van der Waals surface area (Å²) in [6.07, 6.45) is 0.304. The fourth-order valence-electron chi connectivity index (χ4n) is 1.25. The van der Waals surface area contributed by atoms with Gasteiger partial charge in [-0.15, -0.1) is 0 Å². The Morgan fingerprint density at radius 1 is 1.40 bits per heavy atom. The van der Waals surface area contributed by atoms with Crippen LogP contribution in [0.15, 0.2) is 24.3 Å². The number of ether oxygens (including phenoxy) is 1. The number of benzene rings is 1. The lowest BCUT2D eigenvalue weighted by Gasteiger charge is -2.08. The maximum Gasteiger partial charge on any atom is 0.0594 e. The lowest BCUT2D eigenvalue weighted by molar-refractivity contribution is 0.0807. The molecule has 15 heavy (non-hydrogen) atoms. The summed E-state index contributed by atoms with van der Waals surface area (Å²) in [4.78, 5) is 0. The molecule has 0 fully saturated rings. The van der Waals surface area contributed by atoms with Gasteiger partial charge in [0.05, 0.1) is 12.7 Å². The largest absolute Gasteiger partial charge is 0.377 e. The molecule has 3 heteroatoms. The molecule has 0 radical (unpaired) electrons. The van der Waals surface area contributed by atoms with E-state index in [0.29, 0.717) is 6.10 Å². The monoisotopic (exact) mass is 227 g/mol. The van der Waals surface area contributed by atoms with Gasteiger partial charge < -0.3 is 10.1 Å². The highest BCUT2D eigenvalue weighted by atomic mass is 35.5. The molecule has 84 valence electrons. The summed E-state index contributed by atoms with van der Waals surface area (Å²) in [5.74, 6) is 0. The molecule has 0 saturated carbocycles. The Bertz CT molecular complexity index is 289. The van der Waals surface area contributed by atoms with E-state index in [1.54, 1.807) is 0 Å². The van der Waals surface area contributed by atoms with E-state index in [-0.39, 0.29) is 0 Å². The molecule has 0 aliphatic carbocycles. The van der Waals surface area contributed by atoms with Gasteiger partial charge in [0, 0.05) is 18.1 Å². The van der Waals surface area contributed by atoms with Crippen LogP contribution in [0.25, 0.3) is 0 Å². The standard InChI is InChI=1S/C12H18ClNO/c1-10(2)15-7-6-14-9-11-4-3-5-12(13)8-11/h3-5,8,10,14H,6-7,9H2,1-2H3. The molecular formula is C12H18ClNO. The van der Waals surface area contributed by atoms with Gasteiger partial charge in [-0.1, -0.05) is 23.7 Å². The van der Waals surface area contributed by atoms with E-state index in [4.69, 9.17) is 16.3 Å². The SMILES string of the molecule is CC(C)OCCNCc1cccc(Cl)c1. The zero-order chi connectivity index (χ0) is 11.1. The first-order valence-corrected chi connectivity index (χ1v) is 5.63. The van der Waals surface area contributed by atoms with Crippen LogP contribution in [0.4, 0.5) is 0 Å². The molecule has 1 rings (SSSR count). The molecule has 0 aliphatic rings. The number of rotatable bonds is 6. The minimum atomic E-state index is 0.304. The molecule has 0 atom stereocenters. The van der Waals surface area contributed by atoms with Crippen molar-refractivity contribution in [3.8, 4) is 0 Å². The maximum atomic E-state index is 5.87. The van der Waals surface area contributed by atoms with Crippen molar-refractivity contribution in [1.82, 2.24) is 5.32 Å². The molecule has 1 aromatic carbocycles. The van der Waals surface area contributed by atoms with Gasteiger partial charge in [-0.05, 0) is 31.5 Å². The number of hydrogen-bond acceptors (Lipinski definition) is 2.